The second-order valence-electron chi connectivity index (χ2n) is 6.64. The van der Waals surface area contributed by atoms with E-state index in [-0.39, 0.29) is 25.5 Å². The van der Waals surface area contributed by atoms with Crippen LogP contribution in [0.1, 0.15) is 23.5 Å². The maximum atomic E-state index is 12.4. The Bertz CT molecular complexity index is 819. The van der Waals surface area contributed by atoms with Gasteiger partial charge in [0.05, 0.1) is 6.10 Å². The molecule has 6 nitrogen and oxygen atoms in total. The molecule has 2 aromatic rings. The molecule has 6 heteroatoms. The van der Waals surface area contributed by atoms with Crippen LogP contribution in [-0.4, -0.2) is 52.5 Å². The van der Waals surface area contributed by atoms with E-state index in [1.807, 2.05) is 48.5 Å². The predicted octanol–water partition coefficient (Wildman–Crippen LogP) is 2.46. The molecule has 1 heterocycles. The molecular weight excluding hydrogens is 334 g/mol. The average molecular weight is 353 g/mol. The monoisotopic (exact) mass is 353 g/mol. The van der Waals surface area contributed by atoms with Crippen molar-refractivity contribution in [3.05, 3.63) is 59.7 Å². The molecule has 2 aliphatic rings. The van der Waals surface area contributed by atoms with Crippen molar-refractivity contribution < 1.29 is 24.5 Å². The summed E-state index contributed by atoms with van der Waals surface area (Å²) in [7, 11) is 0. The van der Waals surface area contributed by atoms with E-state index in [1.54, 1.807) is 0 Å². The minimum absolute atomic E-state index is 0.0813. The highest BCUT2D eigenvalue weighted by Gasteiger charge is 2.42. The third-order valence-corrected chi connectivity index (χ3v) is 5.19. The van der Waals surface area contributed by atoms with Crippen molar-refractivity contribution in [2.24, 2.45) is 0 Å². The lowest BCUT2D eigenvalue weighted by Crippen LogP contribution is -2.45. The van der Waals surface area contributed by atoms with Crippen molar-refractivity contribution in [2.75, 3.05) is 13.2 Å². The normalized spacial score (nSPS) is 21.3. The van der Waals surface area contributed by atoms with Crippen molar-refractivity contribution in [1.82, 2.24) is 4.90 Å². The van der Waals surface area contributed by atoms with Gasteiger partial charge in [0.25, 0.3) is 0 Å². The number of hydrogen-bond acceptors (Lipinski definition) is 4. The molecule has 0 aromatic heterocycles. The first-order chi connectivity index (χ1) is 12.6. The molecule has 26 heavy (non-hydrogen) atoms. The highest BCUT2D eigenvalue weighted by molar-refractivity contribution is 5.82. The number of aliphatic carboxylic acids is 1. The third kappa shape index (κ3) is 2.63. The van der Waals surface area contributed by atoms with Crippen LogP contribution in [0.15, 0.2) is 48.5 Å². The molecule has 0 spiro atoms. The van der Waals surface area contributed by atoms with Crippen molar-refractivity contribution >= 4 is 12.1 Å². The van der Waals surface area contributed by atoms with E-state index in [0.717, 1.165) is 27.2 Å². The van der Waals surface area contributed by atoms with Crippen LogP contribution in [-0.2, 0) is 9.53 Å². The highest BCUT2D eigenvalue weighted by atomic mass is 16.6. The maximum absolute atomic E-state index is 12.4. The number of nitrogens with zero attached hydrogens (tertiary/aromatic N) is 1. The van der Waals surface area contributed by atoms with Crippen LogP contribution in [0, 0.1) is 0 Å². The van der Waals surface area contributed by atoms with Crippen LogP contribution in [0.4, 0.5) is 4.79 Å². The summed E-state index contributed by atoms with van der Waals surface area (Å²) in [6.45, 7) is 0.306. The van der Waals surface area contributed by atoms with Crippen LogP contribution < -0.4 is 0 Å². The van der Waals surface area contributed by atoms with E-state index in [2.05, 4.69) is 0 Å². The average Bonchev–Trinajstić information content (AvgIpc) is 3.18. The van der Waals surface area contributed by atoms with Gasteiger partial charge in [-0.2, -0.15) is 0 Å². The van der Waals surface area contributed by atoms with E-state index in [4.69, 9.17) is 4.74 Å². The Morgan fingerprint density at radius 3 is 2.19 bits per heavy atom. The number of carbonyl (C=O) groups is 2. The van der Waals surface area contributed by atoms with Gasteiger partial charge in [-0.25, -0.2) is 9.59 Å². The molecule has 1 aliphatic carbocycles. The van der Waals surface area contributed by atoms with Crippen molar-refractivity contribution in [1.29, 1.82) is 0 Å². The van der Waals surface area contributed by atoms with Crippen molar-refractivity contribution in [3.8, 4) is 11.1 Å². The SMILES string of the molecule is O=C(O)[C@H]1[C@H](O)CCN1C(=O)OCC1c2ccccc2-c2ccccc21. The minimum Gasteiger partial charge on any atom is -0.480 e. The molecule has 2 N–H and O–H groups in total. The van der Waals surface area contributed by atoms with Gasteiger partial charge >= 0.3 is 12.1 Å². The van der Waals surface area contributed by atoms with Gasteiger partial charge in [-0.15, -0.1) is 0 Å². The molecule has 1 saturated heterocycles. The fourth-order valence-electron chi connectivity index (χ4n) is 3.96. The number of amides is 1. The third-order valence-electron chi connectivity index (χ3n) is 5.19. The molecule has 0 unspecified atom stereocenters. The number of aliphatic hydroxyl groups is 1. The number of carboxylic acids is 1. The zero-order valence-corrected chi connectivity index (χ0v) is 14.0. The van der Waals surface area contributed by atoms with E-state index in [0.29, 0.717) is 0 Å². The first-order valence-corrected chi connectivity index (χ1v) is 8.60. The van der Waals surface area contributed by atoms with Crippen molar-refractivity contribution in [3.63, 3.8) is 0 Å². The number of likely N-dealkylation sites (tertiary alicyclic amines) is 1. The Labute approximate surface area is 150 Å². The lowest BCUT2D eigenvalue weighted by molar-refractivity contribution is -0.144. The number of hydrogen-bond donors (Lipinski definition) is 2. The molecule has 1 aliphatic heterocycles. The van der Waals surface area contributed by atoms with Gasteiger partial charge in [-0.3, -0.25) is 4.90 Å². The molecule has 134 valence electrons. The molecule has 1 amide bonds. The Hall–Kier alpha value is -2.86. The van der Waals surface area contributed by atoms with Gasteiger partial charge in [0, 0.05) is 12.5 Å². The Balaban J connectivity index is 1.53. The smallest absolute Gasteiger partial charge is 0.410 e. The Morgan fingerprint density at radius 1 is 1.04 bits per heavy atom. The zero-order valence-electron chi connectivity index (χ0n) is 14.0. The molecule has 1 fully saturated rings. The van der Waals surface area contributed by atoms with Crippen LogP contribution >= 0.6 is 0 Å². The van der Waals surface area contributed by atoms with E-state index < -0.39 is 24.2 Å². The van der Waals surface area contributed by atoms with Gasteiger partial charge in [0.1, 0.15) is 6.61 Å². The molecule has 0 saturated carbocycles. The van der Waals surface area contributed by atoms with Gasteiger partial charge in [0.15, 0.2) is 6.04 Å². The number of carboxylic acid groups (broad SMARTS) is 1. The van der Waals surface area contributed by atoms with Crippen LogP contribution in [0.5, 0.6) is 0 Å². The summed E-state index contributed by atoms with van der Waals surface area (Å²) in [5, 5.41) is 19.0. The summed E-state index contributed by atoms with van der Waals surface area (Å²) in [5.41, 5.74) is 4.45. The van der Waals surface area contributed by atoms with Crippen molar-refractivity contribution in [2.45, 2.75) is 24.5 Å². The molecule has 4 rings (SSSR count). The first-order valence-electron chi connectivity index (χ1n) is 8.60. The number of rotatable bonds is 3. The van der Waals surface area contributed by atoms with Gasteiger partial charge in [-0.1, -0.05) is 48.5 Å². The summed E-state index contributed by atoms with van der Waals surface area (Å²) in [4.78, 5) is 24.8. The fraction of sp³-hybridized carbons (Fsp3) is 0.300. The lowest BCUT2D eigenvalue weighted by Gasteiger charge is -2.23. The quantitative estimate of drug-likeness (QED) is 0.885. The molecular formula is C20H19NO5. The molecule has 0 radical (unpaired) electrons. The fourth-order valence-corrected chi connectivity index (χ4v) is 3.96. The van der Waals surface area contributed by atoms with E-state index in [9.17, 15) is 19.8 Å². The standard InChI is InChI=1S/C20H19NO5/c22-17-9-10-21(18(17)19(23)24)20(25)26-11-16-14-7-3-1-5-12(14)13-6-2-4-8-15(13)16/h1-8,16-18,22H,9-11H2,(H,23,24)/t17-,18-/m1/s1. The largest absolute Gasteiger partial charge is 0.480 e. The zero-order chi connectivity index (χ0) is 18.3. The second-order valence-corrected chi connectivity index (χ2v) is 6.64. The second kappa shape index (κ2) is 6.46. The number of benzene rings is 2. The number of carbonyl (C=O) groups excluding carboxylic acids is 1. The summed E-state index contributed by atoms with van der Waals surface area (Å²) in [6, 6.07) is 14.8. The summed E-state index contributed by atoms with van der Waals surface area (Å²) in [6.07, 6.45) is -1.52. The summed E-state index contributed by atoms with van der Waals surface area (Å²) < 4.78 is 5.46. The van der Waals surface area contributed by atoms with Crippen LogP contribution in [0.25, 0.3) is 11.1 Å². The topological polar surface area (TPSA) is 87.1 Å². The highest BCUT2D eigenvalue weighted by Crippen LogP contribution is 2.44. The van der Waals surface area contributed by atoms with Gasteiger partial charge in [-0.05, 0) is 28.7 Å². The number of fused-ring (bicyclic) bond motifs is 3. The first kappa shape index (κ1) is 16.6. The molecule has 2 atom stereocenters. The van der Waals surface area contributed by atoms with Crippen LogP contribution in [0.3, 0.4) is 0 Å². The van der Waals surface area contributed by atoms with Gasteiger partial charge in [0.2, 0.25) is 0 Å². The lowest BCUT2D eigenvalue weighted by atomic mass is 9.98. The van der Waals surface area contributed by atoms with Gasteiger partial charge < -0.3 is 14.9 Å². The number of ether oxygens (including phenoxy) is 1. The summed E-state index contributed by atoms with van der Waals surface area (Å²) >= 11 is 0. The number of aliphatic hydroxyl groups excluding tert-OH is 1. The molecule has 0 bridgehead atoms. The van der Waals surface area contributed by atoms with Crippen LogP contribution in [0.2, 0.25) is 0 Å². The Morgan fingerprint density at radius 2 is 1.62 bits per heavy atom. The van der Waals surface area contributed by atoms with E-state index in [1.165, 1.54) is 0 Å². The minimum atomic E-state index is -1.24. The Kier molecular flexibility index (Phi) is 4.12. The summed E-state index contributed by atoms with van der Waals surface area (Å²) in [5.74, 6) is -1.30. The predicted molar refractivity (Wildman–Crippen MR) is 93.8 cm³/mol. The molecule has 2 aromatic carbocycles. The van der Waals surface area contributed by atoms with E-state index >= 15 is 0 Å². The maximum Gasteiger partial charge on any atom is 0.410 e.